The van der Waals surface area contributed by atoms with Gasteiger partial charge in [0.25, 0.3) is 0 Å². The van der Waals surface area contributed by atoms with Gasteiger partial charge in [0, 0.05) is 5.04 Å². The Morgan fingerprint density at radius 1 is 0.857 bits per heavy atom. The van der Waals surface area contributed by atoms with Gasteiger partial charge in [-0.1, -0.05) is 48.5 Å². The second-order valence-electron chi connectivity index (χ2n) is 7.49. The summed E-state index contributed by atoms with van der Waals surface area (Å²) >= 11 is 0. The van der Waals surface area contributed by atoms with E-state index in [4.69, 9.17) is 9.47 Å². The van der Waals surface area contributed by atoms with Crippen molar-refractivity contribution in [2.75, 3.05) is 14.2 Å². The van der Waals surface area contributed by atoms with Gasteiger partial charge in [0.2, 0.25) is 0 Å². The highest BCUT2D eigenvalue weighted by Gasteiger charge is 2.55. The summed E-state index contributed by atoms with van der Waals surface area (Å²) in [6.07, 6.45) is 5.56. The predicted molar refractivity (Wildman–Crippen MR) is 94.2 cm³/mol. The van der Waals surface area contributed by atoms with Crippen LogP contribution in [0.4, 0.5) is 0 Å². The zero-order valence-electron chi connectivity index (χ0n) is 15.4. The molecule has 1 rings (SSSR count). The highest BCUT2D eigenvalue weighted by molar-refractivity contribution is 6.87. The summed E-state index contributed by atoms with van der Waals surface area (Å²) in [5, 5.41) is 0.0679. The Morgan fingerprint density at radius 3 is 1.43 bits per heavy atom. The third-order valence-electron chi connectivity index (χ3n) is 5.59. The number of hydrogen-bond acceptors (Lipinski definition) is 2. The fraction of sp³-hybridized carbons (Fsp3) is 0.778. The van der Waals surface area contributed by atoms with Gasteiger partial charge < -0.3 is 9.47 Å². The fourth-order valence-corrected chi connectivity index (χ4v) is 13.9. The lowest BCUT2D eigenvalue weighted by atomic mass is 10.0. The molecule has 0 atom stereocenters. The Bertz CT molecular complexity index is 377. The van der Waals surface area contributed by atoms with Gasteiger partial charge in [-0.05, 0) is 28.8 Å². The largest absolute Gasteiger partial charge is 0.501 e. The van der Waals surface area contributed by atoms with Crippen LogP contribution in [-0.2, 0) is 9.47 Å². The van der Waals surface area contributed by atoms with Crippen LogP contribution in [0.1, 0.15) is 54.9 Å². The van der Waals surface area contributed by atoms with Crippen LogP contribution in [0.3, 0.4) is 0 Å². The third-order valence-corrected chi connectivity index (χ3v) is 13.5. The molecule has 2 nitrogen and oxygen atoms in total. The third kappa shape index (κ3) is 2.94. The van der Waals surface area contributed by atoms with Crippen molar-refractivity contribution in [3.05, 3.63) is 23.7 Å². The maximum atomic E-state index is 5.62. The molecule has 0 fully saturated rings. The van der Waals surface area contributed by atoms with E-state index in [1.807, 2.05) is 0 Å². The van der Waals surface area contributed by atoms with Crippen LogP contribution in [0.2, 0.25) is 21.7 Å². The molecule has 1 aliphatic rings. The maximum Gasteiger partial charge on any atom is 0.0996 e. The van der Waals surface area contributed by atoms with Crippen molar-refractivity contribution in [1.29, 1.82) is 0 Å². The summed E-state index contributed by atoms with van der Waals surface area (Å²) < 4.78 is 11.2. The first kappa shape index (κ1) is 18.3. The molecular formula is C18H34O2Si. The molecule has 0 aliphatic heterocycles. The van der Waals surface area contributed by atoms with Gasteiger partial charge in [-0.2, -0.15) is 0 Å². The second kappa shape index (κ2) is 6.60. The predicted octanol–water partition coefficient (Wildman–Crippen LogP) is 5.89. The van der Waals surface area contributed by atoms with E-state index in [1.54, 1.807) is 14.2 Å². The molecule has 0 N–H and O–H groups in total. The topological polar surface area (TPSA) is 18.5 Å². The molecule has 0 heterocycles. The van der Waals surface area contributed by atoms with Crippen LogP contribution in [-0.4, -0.2) is 22.3 Å². The normalized spacial score (nSPS) is 18.9. The minimum atomic E-state index is -1.68. The summed E-state index contributed by atoms with van der Waals surface area (Å²) in [5.74, 6) is 2.10. The van der Waals surface area contributed by atoms with Crippen LogP contribution < -0.4 is 0 Å². The van der Waals surface area contributed by atoms with E-state index >= 15 is 0 Å². The zero-order chi connectivity index (χ0) is 16.4. The van der Waals surface area contributed by atoms with Crippen LogP contribution in [0.25, 0.3) is 0 Å². The van der Waals surface area contributed by atoms with E-state index in [2.05, 4.69) is 60.6 Å². The Kier molecular flexibility index (Phi) is 5.76. The molecule has 0 unspecified atom stereocenters. The molecule has 0 amide bonds. The average Bonchev–Trinajstić information content (AvgIpc) is 2.36. The molecule has 0 saturated heterocycles. The van der Waals surface area contributed by atoms with Crippen LogP contribution >= 0.6 is 0 Å². The van der Waals surface area contributed by atoms with Crippen molar-refractivity contribution in [2.24, 2.45) is 0 Å². The number of rotatable bonds is 6. The highest BCUT2D eigenvalue weighted by Crippen LogP contribution is 2.60. The Hall–Kier alpha value is -0.703. The molecule has 3 heteroatoms. The molecule has 1 aliphatic carbocycles. The molecule has 0 bridgehead atoms. The van der Waals surface area contributed by atoms with E-state index in [0.29, 0.717) is 16.6 Å². The molecule has 0 aromatic carbocycles. The second-order valence-corrected chi connectivity index (χ2v) is 13.9. The lowest BCUT2D eigenvalue weighted by Gasteiger charge is -2.54. The van der Waals surface area contributed by atoms with E-state index < -0.39 is 8.07 Å². The van der Waals surface area contributed by atoms with Crippen molar-refractivity contribution in [2.45, 2.75) is 76.5 Å². The first-order valence-corrected chi connectivity index (χ1v) is 10.4. The first-order valence-electron chi connectivity index (χ1n) is 8.17. The minimum absolute atomic E-state index is 0.0679. The molecule has 122 valence electrons. The molecule has 0 aromatic rings. The van der Waals surface area contributed by atoms with Crippen molar-refractivity contribution in [3.63, 3.8) is 0 Å². The van der Waals surface area contributed by atoms with Gasteiger partial charge in [-0.3, -0.25) is 0 Å². The molecule has 0 saturated carbocycles. The Balaban J connectivity index is 3.56. The number of allylic oxidation sites excluding steroid dienone is 2. The monoisotopic (exact) mass is 310 g/mol. The van der Waals surface area contributed by atoms with Gasteiger partial charge >= 0.3 is 0 Å². The molecule has 0 aromatic heterocycles. The average molecular weight is 311 g/mol. The van der Waals surface area contributed by atoms with Gasteiger partial charge in [0.05, 0.1) is 40.2 Å². The Morgan fingerprint density at radius 2 is 1.19 bits per heavy atom. The maximum absolute atomic E-state index is 5.62. The minimum Gasteiger partial charge on any atom is -0.501 e. The SMILES string of the molecule is COC1=CC(C)([Si](C(C)C)(C(C)C)C(C)C)C=C(OC)C1. The quantitative estimate of drug-likeness (QED) is 0.569. The van der Waals surface area contributed by atoms with Crippen molar-refractivity contribution in [1.82, 2.24) is 0 Å². The van der Waals surface area contributed by atoms with E-state index in [9.17, 15) is 0 Å². The molecule has 0 radical (unpaired) electrons. The first-order chi connectivity index (χ1) is 9.65. The van der Waals surface area contributed by atoms with Gasteiger partial charge in [-0.15, -0.1) is 0 Å². The lowest BCUT2D eigenvalue weighted by molar-refractivity contribution is 0.229. The van der Waals surface area contributed by atoms with Crippen LogP contribution in [0.15, 0.2) is 23.7 Å². The number of ether oxygens (including phenoxy) is 2. The summed E-state index contributed by atoms with van der Waals surface area (Å²) in [6, 6.07) is 0. The number of hydrogen-bond donors (Lipinski definition) is 0. The van der Waals surface area contributed by atoms with Crippen LogP contribution in [0, 0.1) is 0 Å². The van der Waals surface area contributed by atoms with Gasteiger partial charge in [0.1, 0.15) is 0 Å². The van der Waals surface area contributed by atoms with Crippen LogP contribution in [0.5, 0.6) is 0 Å². The zero-order valence-corrected chi connectivity index (χ0v) is 16.4. The highest BCUT2D eigenvalue weighted by atomic mass is 28.3. The van der Waals surface area contributed by atoms with Crippen molar-refractivity contribution < 1.29 is 9.47 Å². The van der Waals surface area contributed by atoms with E-state index in [-0.39, 0.29) is 5.04 Å². The summed E-state index contributed by atoms with van der Waals surface area (Å²) in [6.45, 7) is 16.9. The van der Waals surface area contributed by atoms with Gasteiger partial charge in [-0.25, -0.2) is 0 Å². The van der Waals surface area contributed by atoms with E-state index in [1.165, 1.54) is 0 Å². The van der Waals surface area contributed by atoms with Crippen molar-refractivity contribution in [3.8, 4) is 0 Å². The van der Waals surface area contributed by atoms with Crippen molar-refractivity contribution >= 4 is 8.07 Å². The van der Waals surface area contributed by atoms with E-state index in [0.717, 1.165) is 17.9 Å². The standard InChI is InChI=1S/C18H34O2Si/c1-13(2)21(14(3)4,15(5)6)18(7)11-16(19-8)10-17(12-18)20-9/h11-15H,10H2,1-9H3. The smallest absolute Gasteiger partial charge is 0.0996 e. The molecular weight excluding hydrogens is 276 g/mol. The molecule has 21 heavy (non-hydrogen) atoms. The molecule has 0 spiro atoms. The number of methoxy groups -OCH3 is 2. The lowest BCUT2D eigenvalue weighted by Crippen LogP contribution is -2.53. The van der Waals surface area contributed by atoms with Gasteiger partial charge in [0.15, 0.2) is 0 Å². The Labute approximate surface area is 132 Å². The summed E-state index contributed by atoms with van der Waals surface area (Å²) in [7, 11) is 1.86. The fourth-order valence-electron chi connectivity index (χ4n) is 5.36. The summed E-state index contributed by atoms with van der Waals surface area (Å²) in [4.78, 5) is 0. The summed E-state index contributed by atoms with van der Waals surface area (Å²) in [5.41, 5.74) is 2.10.